The lowest BCUT2D eigenvalue weighted by molar-refractivity contribution is 1.13. The monoisotopic (exact) mass is 898 g/mol. The van der Waals surface area contributed by atoms with Crippen molar-refractivity contribution in [3.05, 3.63) is 217 Å². The molecule has 0 unspecified atom stereocenters. The van der Waals surface area contributed by atoms with Crippen LogP contribution in [0.5, 0.6) is 0 Å². The molecule has 0 amide bonds. The van der Waals surface area contributed by atoms with Crippen LogP contribution in [-0.2, 0) is 0 Å². The van der Waals surface area contributed by atoms with E-state index in [1.807, 2.05) is 24.3 Å². The van der Waals surface area contributed by atoms with Gasteiger partial charge in [-0.1, -0.05) is 164 Å². The number of rotatable bonds is 5. The molecule has 4 nitrogen and oxygen atoms in total. The number of aromatic nitrogens is 2. The Hall–Kier alpha value is -8.78. The van der Waals surface area contributed by atoms with E-state index in [4.69, 9.17) is 0 Å². The van der Waals surface area contributed by atoms with E-state index in [0.717, 1.165) is 97.8 Å². The summed E-state index contributed by atoms with van der Waals surface area (Å²) in [7, 11) is 0. The van der Waals surface area contributed by atoms with Crippen LogP contribution in [0, 0.1) is 22.7 Å². The highest BCUT2D eigenvalue weighted by molar-refractivity contribution is 7.27. The van der Waals surface area contributed by atoms with Crippen molar-refractivity contribution in [3.8, 4) is 56.9 Å². The number of fused-ring (bicyclic) bond motifs is 14. The van der Waals surface area contributed by atoms with Crippen LogP contribution in [0.15, 0.2) is 206 Å². The molecule has 14 aromatic rings. The first-order valence-electron chi connectivity index (χ1n) is 22.6. The Bertz CT molecular complexity index is 4230. The fourth-order valence-electron chi connectivity index (χ4n) is 10.8. The molecule has 0 aliphatic carbocycles. The van der Waals surface area contributed by atoms with E-state index in [-0.39, 0.29) is 0 Å². The van der Waals surface area contributed by atoms with Crippen LogP contribution in [0.4, 0.5) is 0 Å². The van der Waals surface area contributed by atoms with Gasteiger partial charge < -0.3 is 9.13 Å². The second-order valence-corrected chi connectivity index (χ2v) is 19.5. The minimum atomic E-state index is 0.423. The van der Waals surface area contributed by atoms with E-state index in [0.29, 0.717) is 11.1 Å². The lowest BCUT2D eigenvalue weighted by atomic mass is 9.93. The highest BCUT2D eigenvalue weighted by Crippen LogP contribution is 2.50. The Balaban J connectivity index is 1.20. The van der Waals surface area contributed by atoms with Crippen molar-refractivity contribution in [2.75, 3.05) is 0 Å². The molecule has 0 saturated heterocycles. The number of nitrogens with zero attached hydrogens (tertiary/aromatic N) is 4. The Kier molecular flexibility index (Phi) is 8.42. The predicted octanol–water partition coefficient (Wildman–Crippen LogP) is 17.4. The van der Waals surface area contributed by atoms with E-state index in [2.05, 4.69) is 203 Å². The van der Waals surface area contributed by atoms with Gasteiger partial charge in [-0.25, -0.2) is 0 Å². The first-order chi connectivity index (χ1) is 33.7. The summed E-state index contributed by atoms with van der Waals surface area (Å²) in [4.78, 5) is 0. The molecular formula is C62H34N4S2. The molecule has 0 fully saturated rings. The number of nitriles is 2. The Morgan fingerprint density at radius 1 is 0.324 bits per heavy atom. The average molecular weight is 899 g/mol. The van der Waals surface area contributed by atoms with E-state index in [1.165, 1.54) is 30.9 Å². The van der Waals surface area contributed by atoms with Gasteiger partial charge in [-0.2, -0.15) is 10.5 Å². The van der Waals surface area contributed by atoms with Gasteiger partial charge in [0.1, 0.15) is 12.1 Å². The molecule has 4 aromatic heterocycles. The van der Waals surface area contributed by atoms with Gasteiger partial charge in [0, 0.05) is 58.1 Å². The lowest BCUT2D eigenvalue weighted by Crippen LogP contribution is -2.09. The normalized spacial score (nSPS) is 11.8. The second kappa shape index (κ2) is 14.9. The molecule has 68 heavy (non-hydrogen) atoms. The van der Waals surface area contributed by atoms with Crippen LogP contribution in [0.25, 0.3) is 129 Å². The summed E-state index contributed by atoms with van der Waals surface area (Å²) < 4.78 is 9.39. The molecule has 4 heterocycles. The van der Waals surface area contributed by atoms with Crippen LogP contribution in [0.1, 0.15) is 11.1 Å². The molecule has 6 heteroatoms. The average Bonchev–Trinajstić information content (AvgIpc) is 4.16. The quantitative estimate of drug-likeness (QED) is 0.173. The van der Waals surface area contributed by atoms with Crippen molar-refractivity contribution < 1.29 is 0 Å². The standard InChI is InChI=1S/C62H34N4S2/c63-35-42-32-43(36-64)58(66-53-31-25-41(38-16-6-2-7-17-38)34-51(53)47-27-29-49-45-21-11-13-23-55(45)68-62(49)60(47)66)56(39-18-8-3-9-19-39)57(42)65-52-30-24-40(37-14-4-1-5-15-37)33-50(52)46-26-28-48-44-20-10-12-22-54(44)67-61(48)59(46)65/h1-34H. The molecule has 0 aliphatic rings. The summed E-state index contributed by atoms with van der Waals surface area (Å²) in [5, 5.41) is 32.2. The fourth-order valence-corrected chi connectivity index (χ4v) is 13.3. The zero-order chi connectivity index (χ0) is 45.0. The van der Waals surface area contributed by atoms with Crippen LogP contribution in [0.2, 0.25) is 0 Å². The Labute approximate surface area is 398 Å². The summed E-state index contributed by atoms with van der Waals surface area (Å²) in [6.45, 7) is 0. The van der Waals surface area contributed by atoms with Crippen molar-refractivity contribution >= 4 is 107 Å². The lowest BCUT2D eigenvalue weighted by Gasteiger charge is -2.23. The van der Waals surface area contributed by atoms with Gasteiger partial charge in [-0.05, 0) is 70.3 Å². The molecule has 0 spiro atoms. The molecule has 314 valence electrons. The van der Waals surface area contributed by atoms with Gasteiger partial charge in [-0.3, -0.25) is 0 Å². The first kappa shape index (κ1) is 38.5. The van der Waals surface area contributed by atoms with Crippen molar-refractivity contribution in [2.24, 2.45) is 0 Å². The highest BCUT2D eigenvalue weighted by Gasteiger charge is 2.30. The Morgan fingerprint density at radius 3 is 1.16 bits per heavy atom. The summed E-state index contributed by atoms with van der Waals surface area (Å²) in [5.41, 5.74) is 12.6. The van der Waals surface area contributed by atoms with Gasteiger partial charge >= 0.3 is 0 Å². The van der Waals surface area contributed by atoms with Crippen molar-refractivity contribution in [1.29, 1.82) is 10.5 Å². The first-order valence-corrected chi connectivity index (χ1v) is 24.2. The zero-order valence-electron chi connectivity index (χ0n) is 36.2. The summed E-state index contributed by atoms with van der Waals surface area (Å²) in [6, 6.07) is 78.3. The van der Waals surface area contributed by atoms with Crippen LogP contribution in [-0.4, -0.2) is 9.13 Å². The number of hydrogen-bond acceptors (Lipinski definition) is 4. The molecule has 10 aromatic carbocycles. The van der Waals surface area contributed by atoms with Crippen molar-refractivity contribution in [3.63, 3.8) is 0 Å². The molecule has 0 saturated carbocycles. The maximum atomic E-state index is 11.5. The van der Waals surface area contributed by atoms with Gasteiger partial charge in [-0.15, -0.1) is 22.7 Å². The third-order valence-corrected chi connectivity index (χ3v) is 16.2. The molecule has 0 aliphatic heterocycles. The molecule has 0 radical (unpaired) electrons. The van der Waals surface area contributed by atoms with E-state index >= 15 is 0 Å². The fraction of sp³-hybridized carbons (Fsp3) is 0. The smallest absolute Gasteiger partial charge is 0.101 e. The zero-order valence-corrected chi connectivity index (χ0v) is 37.9. The number of hydrogen-bond donors (Lipinski definition) is 0. The minimum Gasteiger partial charge on any atom is -0.306 e. The van der Waals surface area contributed by atoms with Gasteiger partial charge in [0.15, 0.2) is 0 Å². The van der Waals surface area contributed by atoms with Crippen LogP contribution >= 0.6 is 22.7 Å². The largest absolute Gasteiger partial charge is 0.306 e. The maximum absolute atomic E-state index is 11.5. The molecule has 14 rings (SSSR count). The topological polar surface area (TPSA) is 57.4 Å². The molecule has 0 atom stereocenters. The van der Waals surface area contributed by atoms with E-state index in [9.17, 15) is 10.5 Å². The van der Waals surface area contributed by atoms with E-state index < -0.39 is 0 Å². The third kappa shape index (κ3) is 5.51. The predicted molar refractivity (Wildman–Crippen MR) is 287 cm³/mol. The van der Waals surface area contributed by atoms with Gasteiger partial charge in [0.05, 0.1) is 54.0 Å². The van der Waals surface area contributed by atoms with Crippen molar-refractivity contribution in [1.82, 2.24) is 9.13 Å². The summed E-state index contributed by atoms with van der Waals surface area (Å²) in [5.74, 6) is 0. The number of benzene rings is 10. The molecular weight excluding hydrogens is 865 g/mol. The number of thiophene rings is 2. The van der Waals surface area contributed by atoms with Gasteiger partial charge in [0.2, 0.25) is 0 Å². The van der Waals surface area contributed by atoms with Crippen molar-refractivity contribution in [2.45, 2.75) is 0 Å². The minimum absolute atomic E-state index is 0.423. The summed E-state index contributed by atoms with van der Waals surface area (Å²) in [6.07, 6.45) is 0. The SMILES string of the molecule is N#Cc1cc(C#N)c(-n2c3ccc(-c4ccccc4)cc3c3ccc4c5ccccc5sc4c32)c(-c2ccccc2)c1-n1c2ccc(-c3ccccc3)cc2c2ccc3c4ccccc4sc3c21. The highest BCUT2D eigenvalue weighted by atomic mass is 32.1. The van der Waals surface area contributed by atoms with Gasteiger partial charge in [0.25, 0.3) is 0 Å². The summed E-state index contributed by atoms with van der Waals surface area (Å²) >= 11 is 3.57. The van der Waals surface area contributed by atoms with Crippen LogP contribution < -0.4 is 0 Å². The Morgan fingerprint density at radius 2 is 0.721 bits per heavy atom. The molecule has 0 bridgehead atoms. The maximum Gasteiger partial charge on any atom is 0.101 e. The molecule has 0 N–H and O–H groups in total. The third-order valence-electron chi connectivity index (χ3n) is 13.8. The second-order valence-electron chi connectivity index (χ2n) is 17.4. The van der Waals surface area contributed by atoms with E-state index in [1.54, 1.807) is 22.7 Å². The van der Waals surface area contributed by atoms with Crippen LogP contribution in [0.3, 0.4) is 0 Å².